The molecule has 0 atom stereocenters. The monoisotopic (exact) mass is 350 g/mol. The van der Waals surface area contributed by atoms with Gasteiger partial charge in [0.25, 0.3) is 5.91 Å². The largest absolute Gasteiger partial charge is 0.462 e. The number of ether oxygens (including phenoxy) is 1. The molecule has 0 unspecified atom stereocenters. The standard InChI is InChI=1S/C16H18N2O5S/c1-3-22-16(21)14-10(2)9-13(24-14)18-12(19)6-7-17-15(20)11-5-4-8-23-11/h4-5,8-9H,3,6-7H2,1-2H3,(H,17,20)(H,18,19). The van der Waals surface area contributed by atoms with Crippen LogP contribution in [0.1, 0.15) is 39.1 Å². The summed E-state index contributed by atoms with van der Waals surface area (Å²) in [5.41, 5.74) is 0.750. The van der Waals surface area contributed by atoms with Crippen molar-refractivity contribution in [3.63, 3.8) is 0 Å². The molecule has 0 fully saturated rings. The summed E-state index contributed by atoms with van der Waals surface area (Å²) in [7, 11) is 0. The first kappa shape index (κ1) is 17.7. The number of nitrogens with one attached hydrogen (secondary N) is 2. The van der Waals surface area contributed by atoms with Gasteiger partial charge in [-0.05, 0) is 37.6 Å². The normalized spacial score (nSPS) is 10.2. The first-order chi connectivity index (χ1) is 11.5. The van der Waals surface area contributed by atoms with Crippen molar-refractivity contribution in [2.75, 3.05) is 18.5 Å². The van der Waals surface area contributed by atoms with Gasteiger partial charge >= 0.3 is 5.97 Å². The fourth-order valence-electron chi connectivity index (χ4n) is 1.93. The molecule has 2 aromatic heterocycles. The Labute approximate surface area is 143 Å². The lowest BCUT2D eigenvalue weighted by Crippen LogP contribution is -2.27. The molecule has 0 bridgehead atoms. The number of rotatable bonds is 7. The Hall–Kier alpha value is -2.61. The summed E-state index contributed by atoms with van der Waals surface area (Å²) in [5.74, 6) is -0.828. The Kier molecular flexibility index (Phi) is 6.14. The van der Waals surface area contributed by atoms with Gasteiger partial charge in [-0.15, -0.1) is 11.3 Å². The van der Waals surface area contributed by atoms with Gasteiger partial charge in [0, 0.05) is 13.0 Å². The number of hydrogen-bond acceptors (Lipinski definition) is 6. The summed E-state index contributed by atoms with van der Waals surface area (Å²) in [6.07, 6.45) is 1.51. The van der Waals surface area contributed by atoms with Crippen LogP contribution in [0.2, 0.25) is 0 Å². The van der Waals surface area contributed by atoms with Crippen LogP contribution in [-0.2, 0) is 9.53 Å². The third kappa shape index (κ3) is 4.69. The second-order valence-corrected chi connectivity index (χ2v) is 5.93. The summed E-state index contributed by atoms with van der Waals surface area (Å²) in [5, 5.41) is 5.86. The van der Waals surface area contributed by atoms with Crippen molar-refractivity contribution in [3.05, 3.63) is 40.7 Å². The molecule has 2 heterocycles. The van der Waals surface area contributed by atoms with Gasteiger partial charge in [0.1, 0.15) is 4.88 Å². The molecule has 24 heavy (non-hydrogen) atoms. The highest BCUT2D eigenvalue weighted by molar-refractivity contribution is 7.18. The van der Waals surface area contributed by atoms with Crippen molar-refractivity contribution in [1.29, 1.82) is 0 Å². The van der Waals surface area contributed by atoms with Crippen LogP contribution in [0.15, 0.2) is 28.9 Å². The molecule has 0 aliphatic heterocycles. The van der Waals surface area contributed by atoms with E-state index in [0.29, 0.717) is 16.5 Å². The van der Waals surface area contributed by atoms with Crippen LogP contribution in [0.5, 0.6) is 0 Å². The minimum Gasteiger partial charge on any atom is -0.462 e. The Bertz CT molecular complexity index is 721. The van der Waals surface area contributed by atoms with Crippen molar-refractivity contribution in [3.8, 4) is 0 Å². The zero-order valence-electron chi connectivity index (χ0n) is 13.4. The number of aryl methyl sites for hydroxylation is 1. The first-order valence-electron chi connectivity index (χ1n) is 7.40. The number of thiophene rings is 1. The predicted molar refractivity (Wildman–Crippen MR) is 89.3 cm³/mol. The van der Waals surface area contributed by atoms with Crippen LogP contribution in [0.3, 0.4) is 0 Å². The molecule has 0 aromatic carbocycles. The SMILES string of the molecule is CCOC(=O)c1sc(NC(=O)CCNC(=O)c2ccco2)cc1C. The number of amides is 2. The summed E-state index contributed by atoms with van der Waals surface area (Å²) < 4.78 is 9.91. The summed E-state index contributed by atoms with van der Waals surface area (Å²) in [6.45, 7) is 4.00. The molecule has 2 amide bonds. The van der Waals surface area contributed by atoms with Crippen LogP contribution < -0.4 is 10.6 Å². The lowest BCUT2D eigenvalue weighted by Gasteiger charge is -2.04. The highest BCUT2D eigenvalue weighted by atomic mass is 32.1. The average molecular weight is 350 g/mol. The third-order valence-electron chi connectivity index (χ3n) is 3.02. The number of carbonyl (C=O) groups is 3. The van der Waals surface area contributed by atoms with E-state index in [0.717, 1.165) is 16.9 Å². The van der Waals surface area contributed by atoms with Gasteiger partial charge in [-0.25, -0.2) is 4.79 Å². The zero-order chi connectivity index (χ0) is 17.5. The number of furan rings is 1. The minimum atomic E-state index is -0.397. The van der Waals surface area contributed by atoms with E-state index in [9.17, 15) is 14.4 Å². The van der Waals surface area contributed by atoms with E-state index < -0.39 is 5.97 Å². The molecule has 2 N–H and O–H groups in total. The highest BCUT2D eigenvalue weighted by Crippen LogP contribution is 2.27. The maximum absolute atomic E-state index is 11.9. The summed E-state index contributed by atoms with van der Waals surface area (Å²) in [4.78, 5) is 35.8. The van der Waals surface area contributed by atoms with E-state index in [4.69, 9.17) is 9.15 Å². The molecule has 7 nitrogen and oxygen atoms in total. The van der Waals surface area contributed by atoms with Gasteiger partial charge in [0.2, 0.25) is 5.91 Å². The van der Waals surface area contributed by atoms with Crippen molar-refractivity contribution in [1.82, 2.24) is 5.32 Å². The van der Waals surface area contributed by atoms with Gasteiger partial charge in [-0.2, -0.15) is 0 Å². The fourth-order valence-corrected chi connectivity index (χ4v) is 2.91. The Morgan fingerprint density at radius 3 is 2.79 bits per heavy atom. The number of hydrogen-bond donors (Lipinski definition) is 2. The second kappa shape index (κ2) is 8.30. The van der Waals surface area contributed by atoms with E-state index in [1.165, 1.54) is 6.26 Å². The van der Waals surface area contributed by atoms with E-state index in [-0.39, 0.29) is 30.5 Å². The molecule has 128 valence electrons. The molecule has 0 radical (unpaired) electrons. The maximum atomic E-state index is 11.9. The maximum Gasteiger partial charge on any atom is 0.348 e. The predicted octanol–water partition coefficient (Wildman–Crippen LogP) is 2.58. The summed E-state index contributed by atoms with van der Waals surface area (Å²) in [6, 6.07) is 4.87. The van der Waals surface area contributed by atoms with Crippen LogP contribution in [0, 0.1) is 6.92 Å². The third-order valence-corrected chi connectivity index (χ3v) is 4.16. The molecule has 0 spiro atoms. The van der Waals surface area contributed by atoms with Gasteiger partial charge in [0.15, 0.2) is 5.76 Å². The Morgan fingerprint density at radius 1 is 1.33 bits per heavy atom. The number of carbonyl (C=O) groups excluding carboxylic acids is 3. The fraction of sp³-hybridized carbons (Fsp3) is 0.312. The molecule has 0 saturated heterocycles. The van der Waals surface area contributed by atoms with Crippen LogP contribution in [0.25, 0.3) is 0 Å². The van der Waals surface area contributed by atoms with Crippen molar-refractivity contribution in [2.24, 2.45) is 0 Å². The molecular formula is C16H18N2O5S. The molecule has 8 heteroatoms. The van der Waals surface area contributed by atoms with E-state index >= 15 is 0 Å². The van der Waals surface area contributed by atoms with E-state index in [2.05, 4.69) is 10.6 Å². The number of anilines is 1. The van der Waals surface area contributed by atoms with Gasteiger partial charge in [-0.1, -0.05) is 0 Å². The van der Waals surface area contributed by atoms with Crippen molar-refractivity contribution >= 4 is 34.1 Å². The highest BCUT2D eigenvalue weighted by Gasteiger charge is 2.16. The molecule has 2 aromatic rings. The smallest absolute Gasteiger partial charge is 0.348 e. The van der Waals surface area contributed by atoms with E-state index in [1.54, 1.807) is 32.0 Å². The molecular weight excluding hydrogens is 332 g/mol. The van der Waals surface area contributed by atoms with Gasteiger partial charge < -0.3 is 19.8 Å². The second-order valence-electron chi connectivity index (χ2n) is 4.87. The average Bonchev–Trinajstić information content (AvgIpc) is 3.17. The van der Waals surface area contributed by atoms with Crippen LogP contribution in [0.4, 0.5) is 5.00 Å². The zero-order valence-corrected chi connectivity index (χ0v) is 14.2. The van der Waals surface area contributed by atoms with Gasteiger partial charge in [0.05, 0.1) is 17.9 Å². The lowest BCUT2D eigenvalue weighted by atomic mass is 10.3. The topological polar surface area (TPSA) is 97.6 Å². The molecule has 2 rings (SSSR count). The molecule has 0 aliphatic rings. The van der Waals surface area contributed by atoms with Crippen molar-refractivity contribution < 1.29 is 23.5 Å². The molecule has 0 saturated carbocycles. The Balaban J connectivity index is 1.81. The quantitative estimate of drug-likeness (QED) is 0.748. The summed E-state index contributed by atoms with van der Waals surface area (Å²) >= 11 is 1.16. The van der Waals surface area contributed by atoms with Crippen molar-refractivity contribution in [2.45, 2.75) is 20.3 Å². The van der Waals surface area contributed by atoms with Crippen LogP contribution >= 0.6 is 11.3 Å². The first-order valence-corrected chi connectivity index (χ1v) is 8.22. The Morgan fingerprint density at radius 2 is 2.12 bits per heavy atom. The van der Waals surface area contributed by atoms with Crippen LogP contribution in [-0.4, -0.2) is 30.9 Å². The number of esters is 1. The minimum absolute atomic E-state index is 0.109. The van der Waals surface area contributed by atoms with Gasteiger partial charge in [-0.3, -0.25) is 9.59 Å². The lowest BCUT2D eigenvalue weighted by molar-refractivity contribution is -0.116. The molecule has 0 aliphatic carbocycles. The van der Waals surface area contributed by atoms with E-state index in [1.807, 2.05) is 0 Å².